The fourth-order valence-corrected chi connectivity index (χ4v) is 3.78. The number of unbranched alkanes of at least 4 members (excludes halogenated alkanes) is 8. The van der Waals surface area contributed by atoms with Gasteiger partial charge in [-0.1, -0.05) is 71.1 Å². The van der Waals surface area contributed by atoms with Crippen molar-refractivity contribution in [1.82, 2.24) is 0 Å². The van der Waals surface area contributed by atoms with Crippen molar-refractivity contribution < 1.29 is 47.6 Å². The van der Waals surface area contributed by atoms with Crippen molar-refractivity contribution in [1.29, 1.82) is 0 Å². The summed E-state index contributed by atoms with van der Waals surface area (Å²) in [6.07, 6.45) is 12.7. The quantitative estimate of drug-likeness (QED) is 0.272. The Morgan fingerprint density at radius 1 is 0.826 bits per heavy atom. The molecule has 0 fully saturated rings. The molecule has 0 aromatic carbocycles. The molecule has 0 amide bonds. The normalized spacial score (nSPS) is 14.3. The molecule has 2 atom stereocenters. The van der Waals surface area contributed by atoms with Crippen LogP contribution in [0.5, 0.6) is 0 Å². The van der Waals surface area contributed by atoms with E-state index < -0.39 is 15.4 Å². The number of aliphatic hydroxyl groups excluding tert-OH is 1. The van der Waals surface area contributed by atoms with Gasteiger partial charge in [0.25, 0.3) is 0 Å². The van der Waals surface area contributed by atoms with E-state index in [1.807, 2.05) is 13.8 Å². The molecule has 134 valence electrons. The Morgan fingerprint density at radius 3 is 1.57 bits per heavy atom. The van der Waals surface area contributed by atoms with Gasteiger partial charge >= 0.3 is 29.6 Å². The SMILES string of the molecule is CCCC(CCCCCCCCCCCC(C)O)S(=O)(=O)[O-].[Na+]. The molecule has 0 aromatic heterocycles. The summed E-state index contributed by atoms with van der Waals surface area (Å²) in [6, 6.07) is 0. The van der Waals surface area contributed by atoms with Crippen molar-refractivity contribution in [3.05, 3.63) is 0 Å². The van der Waals surface area contributed by atoms with Crippen LogP contribution in [-0.2, 0) is 10.1 Å². The molecule has 0 heterocycles. The minimum atomic E-state index is -4.11. The molecule has 2 unspecified atom stereocenters. The maximum Gasteiger partial charge on any atom is 1.00 e. The van der Waals surface area contributed by atoms with E-state index in [0.29, 0.717) is 12.8 Å². The smallest absolute Gasteiger partial charge is 0.748 e. The first-order valence-electron chi connectivity index (χ1n) is 9.00. The van der Waals surface area contributed by atoms with Gasteiger partial charge in [0.05, 0.1) is 16.2 Å². The van der Waals surface area contributed by atoms with Crippen molar-refractivity contribution in [3.8, 4) is 0 Å². The summed E-state index contributed by atoms with van der Waals surface area (Å²) in [6.45, 7) is 3.75. The monoisotopic (exact) mass is 358 g/mol. The van der Waals surface area contributed by atoms with Gasteiger partial charge in [0, 0.05) is 5.25 Å². The van der Waals surface area contributed by atoms with E-state index in [9.17, 15) is 13.0 Å². The molecule has 6 heteroatoms. The molecule has 0 aliphatic carbocycles. The predicted octanol–water partition coefficient (Wildman–Crippen LogP) is 1.38. The molecule has 1 N–H and O–H groups in total. The molecule has 0 rings (SSSR count). The standard InChI is InChI=1S/C17H36O4S.Na/c1-3-13-17(22(19,20)21)15-12-10-8-6-4-5-7-9-11-14-16(2)18;/h16-18H,3-15H2,1-2H3,(H,19,20,21);/q;+1/p-1. The Morgan fingerprint density at radius 2 is 1.22 bits per heavy atom. The predicted molar refractivity (Wildman–Crippen MR) is 90.9 cm³/mol. The summed E-state index contributed by atoms with van der Waals surface area (Å²) in [4.78, 5) is 0. The summed E-state index contributed by atoms with van der Waals surface area (Å²) in [5.41, 5.74) is 0. The Kier molecular flexibility index (Phi) is 18.5. The first-order valence-corrected chi connectivity index (χ1v) is 10.5. The van der Waals surface area contributed by atoms with Crippen molar-refractivity contribution in [2.45, 2.75) is 109 Å². The van der Waals surface area contributed by atoms with Gasteiger partial charge in [-0.3, -0.25) is 0 Å². The molecular formula is C17H35NaO4S. The van der Waals surface area contributed by atoms with Crippen molar-refractivity contribution in [2.24, 2.45) is 0 Å². The molecule has 0 aliphatic heterocycles. The van der Waals surface area contributed by atoms with Crippen LogP contribution in [-0.4, -0.2) is 29.4 Å². The van der Waals surface area contributed by atoms with E-state index in [1.165, 1.54) is 32.1 Å². The zero-order valence-corrected chi connectivity index (χ0v) is 18.2. The van der Waals surface area contributed by atoms with Crippen LogP contribution in [0.25, 0.3) is 0 Å². The molecule has 0 saturated carbocycles. The molecular weight excluding hydrogens is 323 g/mol. The minimum absolute atomic E-state index is 0. The number of rotatable bonds is 15. The molecule has 23 heavy (non-hydrogen) atoms. The summed E-state index contributed by atoms with van der Waals surface area (Å²) in [5.74, 6) is 0. The summed E-state index contributed by atoms with van der Waals surface area (Å²) >= 11 is 0. The first kappa shape index (κ1) is 26.1. The van der Waals surface area contributed by atoms with E-state index in [-0.39, 0.29) is 35.7 Å². The van der Waals surface area contributed by atoms with Gasteiger partial charge in [-0.2, -0.15) is 0 Å². The van der Waals surface area contributed by atoms with Gasteiger partial charge in [-0.25, -0.2) is 8.42 Å². The van der Waals surface area contributed by atoms with Gasteiger partial charge < -0.3 is 9.66 Å². The van der Waals surface area contributed by atoms with Gasteiger partial charge in [0.1, 0.15) is 0 Å². The topological polar surface area (TPSA) is 77.4 Å². The Hall–Kier alpha value is 0.870. The third-order valence-electron chi connectivity index (χ3n) is 4.17. The maximum atomic E-state index is 11.1. The van der Waals surface area contributed by atoms with E-state index in [0.717, 1.165) is 38.5 Å². The summed E-state index contributed by atoms with van der Waals surface area (Å²) in [7, 11) is -4.11. The average molecular weight is 359 g/mol. The molecule has 0 spiro atoms. The van der Waals surface area contributed by atoms with E-state index in [4.69, 9.17) is 5.11 Å². The third-order valence-corrected chi connectivity index (χ3v) is 5.45. The second kappa shape index (κ2) is 16.3. The van der Waals surface area contributed by atoms with E-state index in [1.54, 1.807) is 0 Å². The Bertz CT molecular complexity index is 345. The van der Waals surface area contributed by atoms with Crippen LogP contribution in [0.4, 0.5) is 0 Å². The molecule has 0 saturated heterocycles. The molecule has 4 nitrogen and oxygen atoms in total. The molecule has 0 radical (unpaired) electrons. The van der Waals surface area contributed by atoms with Crippen molar-refractivity contribution in [2.75, 3.05) is 0 Å². The molecule has 0 aromatic rings. The van der Waals surface area contributed by atoms with Crippen molar-refractivity contribution in [3.63, 3.8) is 0 Å². The van der Waals surface area contributed by atoms with E-state index in [2.05, 4.69) is 0 Å². The summed E-state index contributed by atoms with van der Waals surface area (Å²) in [5, 5.41) is 8.47. The second-order valence-electron chi connectivity index (χ2n) is 6.51. The molecule has 0 aliphatic rings. The number of hydrogen-bond donors (Lipinski definition) is 1. The molecule has 0 bridgehead atoms. The fraction of sp³-hybridized carbons (Fsp3) is 1.00. The van der Waals surface area contributed by atoms with Crippen molar-refractivity contribution >= 4 is 10.1 Å². The van der Waals surface area contributed by atoms with Crippen LogP contribution in [0.2, 0.25) is 0 Å². The van der Waals surface area contributed by atoms with Crippen LogP contribution < -0.4 is 29.6 Å². The van der Waals surface area contributed by atoms with Crippen LogP contribution in [0, 0.1) is 0 Å². The van der Waals surface area contributed by atoms with Gasteiger partial charge in [0.2, 0.25) is 0 Å². The number of hydrogen-bond acceptors (Lipinski definition) is 4. The summed E-state index contributed by atoms with van der Waals surface area (Å²) < 4.78 is 33.3. The van der Waals surface area contributed by atoms with Gasteiger partial charge in [0.15, 0.2) is 0 Å². The van der Waals surface area contributed by atoms with Gasteiger partial charge in [-0.15, -0.1) is 0 Å². The Labute approximate surface area is 165 Å². The van der Waals surface area contributed by atoms with Crippen LogP contribution in [0.15, 0.2) is 0 Å². The fourth-order valence-electron chi connectivity index (χ4n) is 2.80. The average Bonchev–Trinajstić information content (AvgIpc) is 2.42. The second-order valence-corrected chi connectivity index (χ2v) is 8.16. The van der Waals surface area contributed by atoms with Crippen LogP contribution >= 0.6 is 0 Å². The Balaban J connectivity index is 0. The van der Waals surface area contributed by atoms with Crippen LogP contribution in [0.1, 0.15) is 97.3 Å². The van der Waals surface area contributed by atoms with E-state index >= 15 is 0 Å². The minimum Gasteiger partial charge on any atom is -0.748 e. The van der Waals surface area contributed by atoms with Gasteiger partial charge in [-0.05, 0) is 26.2 Å². The first-order chi connectivity index (χ1) is 10.4. The third kappa shape index (κ3) is 17.5. The zero-order chi connectivity index (χ0) is 16.8. The van der Waals surface area contributed by atoms with Crippen LogP contribution in [0.3, 0.4) is 0 Å². The number of aliphatic hydroxyl groups is 1. The maximum absolute atomic E-state index is 11.1. The zero-order valence-electron chi connectivity index (χ0n) is 15.4. The largest absolute Gasteiger partial charge is 1.00 e.